The van der Waals surface area contributed by atoms with Crippen LogP contribution in [0.5, 0.6) is 0 Å². The number of aryl methyl sites for hydroxylation is 1. The number of ether oxygens (including phenoxy) is 2. The minimum Gasteiger partial charge on any atom is -0.453 e. The fourth-order valence-electron chi connectivity index (χ4n) is 2.81. The van der Waals surface area contributed by atoms with Gasteiger partial charge < -0.3 is 14.5 Å². The molecule has 26 heavy (non-hydrogen) atoms. The van der Waals surface area contributed by atoms with Crippen molar-refractivity contribution in [3.8, 4) is 0 Å². The van der Waals surface area contributed by atoms with Gasteiger partial charge in [-0.15, -0.1) is 0 Å². The minimum atomic E-state index is -0.622. The van der Waals surface area contributed by atoms with Crippen LogP contribution in [0.3, 0.4) is 0 Å². The van der Waals surface area contributed by atoms with E-state index in [0.29, 0.717) is 18.7 Å². The standard InChI is InChI=1S/C19H21N3O4/c1-3-13-5-4-6-14-15(11-20-18(13)14)17(23)12-26-19(24)16-7-8-22(21-16)9-10-25-2/h4-8,11,20H,3,9-10,12H2,1-2H3. The highest BCUT2D eigenvalue weighted by Crippen LogP contribution is 2.22. The van der Waals surface area contributed by atoms with Crippen molar-refractivity contribution in [3.05, 3.63) is 53.5 Å². The molecule has 0 aliphatic heterocycles. The van der Waals surface area contributed by atoms with Crippen LogP contribution >= 0.6 is 0 Å². The Balaban J connectivity index is 1.65. The largest absolute Gasteiger partial charge is 0.453 e. The Bertz CT molecular complexity index is 926. The first-order chi connectivity index (χ1) is 12.6. The fourth-order valence-corrected chi connectivity index (χ4v) is 2.81. The van der Waals surface area contributed by atoms with E-state index in [9.17, 15) is 9.59 Å². The van der Waals surface area contributed by atoms with Crippen LogP contribution in [-0.4, -0.2) is 46.8 Å². The van der Waals surface area contributed by atoms with Crippen LogP contribution in [0, 0.1) is 0 Å². The number of H-pyrrole nitrogens is 1. The first-order valence-electron chi connectivity index (χ1n) is 8.45. The van der Waals surface area contributed by atoms with Gasteiger partial charge in [0.05, 0.1) is 13.2 Å². The van der Waals surface area contributed by atoms with E-state index in [4.69, 9.17) is 9.47 Å². The summed E-state index contributed by atoms with van der Waals surface area (Å²) < 4.78 is 11.7. The summed E-state index contributed by atoms with van der Waals surface area (Å²) in [7, 11) is 1.60. The van der Waals surface area contributed by atoms with Gasteiger partial charge in [-0.2, -0.15) is 5.10 Å². The number of nitrogens with zero attached hydrogens (tertiary/aromatic N) is 2. The number of methoxy groups -OCH3 is 1. The van der Waals surface area contributed by atoms with Gasteiger partial charge in [0, 0.05) is 36.0 Å². The molecular weight excluding hydrogens is 334 g/mol. The molecule has 7 nitrogen and oxygen atoms in total. The molecule has 0 amide bonds. The third kappa shape index (κ3) is 3.67. The van der Waals surface area contributed by atoms with Crippen LogP contribution in [0.2, 0.25) is 0 Å². The van der Waals surface area contributed by atoms with Gasteiger partial charge in [0.25, 0.3) is 0 Å². The third-order valence-corrected chi connectivity index (χ3v) is 4.19. The molecule has 0 fully saturated rings. The van der Waals surface area contributed by atoms with Gasteiger partial charge in [0.2, 0.25) is 5.78 Å². The van der Waals surface area contributed by atoms with Crippen LogP contribution in [-0.2, 0) is 22.4 Å². The third-order valence-electron chi connectivity index (χ3n) is 4.19. The van der Waals surface area contributed by atoms with E-state index in [1.807, 2.05) is 18.2 Å². The molecule has 0 unspecified atom stereocenters. The maximum atomic E-state index is 12.5. The van der Waals surface area contributed by atoms with Crippen molar-refractivity contribution in [2.45, 2.75) is 19.9 Å². The van der Waals surface area contributed by atoms with Crippen molar-refractivity contribution in [1.29, 1.82) is 0 Å². The number of para-hydroxylation sites is 1. The average molecular weight is 355 g/mol. The summed E-state index contributed by atoms with van der Waals surface area (Å²) in [4.78, 5) is 27.7. The van der Waals surface area contributed by atoms with E-state index in [1.54, 1.807) is 30.3 Å². The monoisotopic (exact) mass is 355 g/mol. The number of hydrogen-bond donors (Lipinski definition) is 1. The lowest BCUT2D eigenvalue weighted by Crippen LogP contribution is -2.15. The molecule has 7 heteroatoms. The van der Waals surface area contributed by atoms with Crippen molar-refractivity contribution in [2.24, 2.45) is 0 Å². The zero-order chi connectivity index (χ0) is 18.5. The summed E-state index contributed by atoms with van der Waals surface area (Å²) in [6.45, 7) is 2.77. The summed E-state index contributed by atoms with van der Waals surface area (Å²) >= 11 is 0. The number of nitrogens with one attached hydrogen (secondary N) is 1. The molecule has 3 aromatic rings. The zero-order valence-corrected chi connectivity index (χ0v) is 14.8. The number of rotatable bonds is 8. The summed E-state index contributed by atoms with van der Waals surface area (Å²) in [6.07, 6.45) is 4.20. The van der Waals surface area contributed by atoms with E-state index in [-0.39, 0.29) is 18.1 Å². The number of hydrogen-bond acceptors (Lipinski definition) is 5. The fraction of sp³-hybridized carbons (Fsp3) is 0.316. The lowest BCUT2D eigenvalue weighted by Gasteiger charge is -2.03. The predicted molar refractivity (Wildman–Crippen MR) is 96.4 cm³/mol. The topological polar surface area (TPSA) is 86.2 Å². The molecule has 0 aliphatic rings. The van der Waals surface area contributed by atoms with Crippen LogP contribution in [0.4, 0.5) is 0 Å². The van der Waals surface area contributed by atoms with Crippen LogP contribution in [0.25, 0.3) is 10.9 Å². The second-order valence-electron chi connectivity index (χ2n) is 5.85. The Morgan fingerprint density at radius 3 is 2.88 bits per heavy atom. The van der Waals surface area contributed by atoms with Gasteiger partial charge >= 0.3 is 5.97 Å². The van der Waals surface area contributed by atoms with Gasteiger partial charge in [0.1, 0.15) is 0 Å². The van der Waals surface area contributed by atoms with Gasteiger partial charge in [-0.3, -0.25) is 9.48 Å². The SMILES string of the molecule is CCc1cccc2c(C(=O)COC(=O)c3ccn(CCOC)n3)c[nH]c12. The van der Waals surface area contributed by atoms with Gasteiger partial charge in [0.15, 0.2) is 12.3 Å². The maximum absolute atomic E-state index is 12.5. The summed E-state index contributed by atoms with van der Waals surface area (Å²) in [5.41, 5.74) is 2.77. The average Bonchev–Trinajstić information content (AvgIpc) is 3.30. The Hall–Kier alpha value is -2.93. The number of esters is 1. The summed E-state index contributed by atoms with van der Waals surface area (Å²) in [6, 6.07) is 7.39. The number of benzene rings is 1. The Morgan fingerprint density at radius 1 is 1.27 bits per heavy atom. The van der Waals surface area contributed by atoms with E-state index in [2.05, 4.69) is 17.0 Å². The highest BCUT2D eigenvalue weighted by Gasteiger charge is 2.17. The molecule has 0 saturated carbocycles. The van der Waals surface area contributed by atoms with Crippen molar-refractivity contribution in [3.63, 3.8) is 0 Å². The van der Waals surface area contributed by atoms with Crippen LogP contribution < -0.4 is 0 Å². The zero-order valence-electron chi connectivity index (χ0n) is 14.8. The molecule has 0 atom stereocenters. The molecule has 2 heterocycles. The molecule has 0 aliphatic carbocycles. The van der Waals surface area contributed by atoms with E-state index < -0.39 is 5.97 Å². The Kier molecular flexibility index (Phi) is 5.48. The number of aromatic amines is 1. The smallest absolute Gasteiger partial charge is 0.359 e. The molecule has 0 bridgehead atoms. The molecule has 0 saturated heterocycles. The molecule has 0 radical (unpaired) electrons. The molecule has 1 aromatic carbocycles. The van der Waals surface area contributed by atoms with E-state index in [0.717, 1.165) is 22.9 Å². The highest BCUT2D eigenvalue weighted by molar-refractivity contribution is 6.09. The van der Waals surface area contributed by atoms with Gasteiger partial charge in [-0.05, 0) is 18.1 Å². The normalized spacial score (nSPS) is 11.0. The van der Waals surface area contributed by atoms with E-state index >= 15 is 0 Å². The molecule has 2 aromatic heterocycles. The first kappa shape index (κ1) is 17.9. The van der Waals surface area contributed by atoms with Gasteiger partial charge in [-0.1, -0.05) is 25.1 Å². The summed E-state index contributed by atoms with van der Waals surface area (Å²) in [5.74, 6) is -0.875. The molecule has 0 spiro atoms. The maximum Gasteiger partial charge on any atom is 0.359 e. The predicted octanol–water partition coefficient (Wildman–Crippen LogP) is 2.61. The van der Waals surface area contributed by atoms with Crippen LogP contribution in [0.15, 0.2) is 36.7 Å². The quantitative estimate of drug-likeness (QED) is 0.496. The second kappa shape index (κ2) is 7.97. The van der Waals surface area contributed by atoms with Crippen molar-refractivity contribution < 1.29 is 19.1 Å². The van der Waals surface area contributed by atoms with Crippen LogP contribution in [0.1, 0.15) is 33.3 Å². The van der Waals surface area contributed by atoms with Crippen molar-refractivity contribution >= 4 is 22.7 Å². The lowest BCUT2D eigenvalue weighted by atomic mass is 10.1. The number of fused-ring (bicyclic) bond motifs is 1. The molecule has 1 N–H and O–H groups in total. The minimum absolute atomic E-state index is 0.168. The van der Waals surface area contributed by atoms with Crippen molar-refractivity contribution in [2.75, 3.05) is 20.3 Å². The van der Waals surface area contributed by atoms with E-state index in [1.165, 1.54) is 0 Å². The number of Topliss-reactive ketones (excluding diaryl/α,β-unsaturated/α-hetero) is 1. The number of carbonyl (C=O) groups excluding carboxylic acids is 2. The molecular formula is C19H21N3O4. The summed E-state index contributed by atoms with van der Waals surface area (Å²) in [5, 5.41) is 4.95. The first-order valence-corrected chi connectivity index (χ1v) is 8.45. The molecule has 136 valence electrons. The van der Waals surface area contributed by atoms with Crippen molar-refractivity contribution in [1.82, 2.24) is 14.8 Å². The molecule has 3 rings (SSSR count). The lowest BCUT2D eigenvalue weighted by molar-refractivity contribution is 0.0468. The number of carbonyl (C=O) groups is 2. The number of ketones is 1. The number of aromatic nitrogens is 3. The van der Waals surface area contributed by atoms with Gasteiger partial charge in [-0.25, -0.2) is 4.79 Å². The highest BCUT2D eigenvalue weighted by atomic mass is 16.5. The second-order valence-corrected chi connectivity index (χ2v) is 5.85. The Labute approximate surface area is 150 Å². The Morgan fingerprint density at radius 2 is 2.12 bits per heavy atom.